The quantitative estimate of drug-likeness (QED) is 0.515. The number of amides is 1. The lowest BCUT2D eigenvalue weighted by atomic mass is 10.1. The fourth-order valence-electron chi connectivity index (χ4n) is 2.63. The van der Waals surface area contributed by atoms with E-state index in [4.69, 9.17) is 18.9 Å². The van der Waals surface area contributed by atoms with Crippen LogP contribution in [0.15, 0.2) is 48.5 Å². The van der Waals surface area contributed by atoms with Crippen LogP contribution >= 0.6 is 0 Å². The van der Waals surface area contributed by atoms with Gasteiger partial charge in [-0.2, -0.15) is 0 Å². The summed E-state index contributed by atoms with van der Waals surface area (Å²) in [5, 5.41) is 2.78. The van der Waals surface area contributed by atoms with Crippen molar-refractivity contribution in [1.29, 1.82) is 0 Å². The van der Waals surface area contributed by atoms with Gasteiger partial charge in [-0.1, -0.05) is 30.3 Å². The van der Waals surface area contributed by atoms with Crippen molar-refractivity contribution in [2.45, 2.75) is 13.0 Å². The van der Waals surface area contributed by atoms with Gasteiger partial charge in [-0.15, -0.1) is 0 Å². The van der Waals surface area contributed by atoms with Gasteiger partial charge in [0.2, 0.25) is 0 Å². The third-order valence-electron chi connectivity index (χ3n) is 4.16. The Hall–Kier alpha value is -3.48. The van der Waals surface area contributed by atoms with E-state index in [1.165, 1.54) is 33.5 Å². The molecule has 1 N–H and O–H groups in total. The predicted molar refractivity (Wildman–Crippen MR) is 109 cm³/mol. The first-order chi connectivity index (χ1) is 14.0. The first-order valence-corrected chi connectivity index (χ1v) is 8.97. The van der Waals surface area contributed by atoms with Gasteiger partial charge < -0.3 is 24.3 Å². The van der Waals surface area contributed by atoms with Gasteiger partial charge in [0, 0.05) is 17.7 Å². The molecule has 0 saturated heterocycles. The highest BCUT2D eigenvalue weighted by atomic mass is 16.5. The highest BCUT2D eigenvalue weighted by Crippen LogP contribution is 2.35. The number of nitrogens with one attached hydrogen (secondary N) is 1. The summed E-state index contributed by atoms with van der Waals surface area (Å²) in [5.74, 6) is 0.473. The lowest BCUT2D eigenvalue weighted by Crippen LogP contribution is -2.30. The Bertz CT molecular complexity index is 863. The molecule has 0 radical (unpaired) electrons. The number of hydrogen-bond acceptors (Lipinski definition) is 6. The van der Waals surface area contributed by atoms with E-state index >= 15 is 0 Å². The van der Waals surface area contributed by atoms with Crippen molar-refractivity contribution in [2.24, 2.45) is 0 Å². The van der Waals surface area contributed by atoms with Crippen LogP contribution in [-0.4, -0.2) is 39.8 Å². The summed E-state index contributed by atoms with van der Waals surface area (Å²) in [5.41, 5.74) is 1.57. The van der Waals surface area contributed by atoms with Crippen LogP contribution in [0, 0.1) is 0 Å². The van der Waals surface area contributed by atoms with Crippen LogP contribution in [-0.2, 0) is 14.3 Å². The van der Waals surface area contributed by atoms with Crippen LogP contribution in [0.25, 0.3) is 6.08 Å². The Kier molecular flexibility index (Phi) is 8.09. The monoisotopic (exact) mass is 399 g/mol. The zero-order valence-electron chi connectivity index (χ0n) is 16.9. The van der Waals surface area contributed by atoms with Gasteiger partial charge in [0.15, 0.2) is 18.1 Å². The Morgan fingerprint density at radius 1 is 0.966 bits per heavy atom. The van der Waals surface area contributed by atoms with Gasteiger partial charge in [-0.3, -0.25) is 4.79 Å². The van der Waals surface area contributed by atoms with E-state index in [0.717, 1.165) is 5.56 Å². The van der Waals surface area contributed by atoms with Crippen molar-refractivity contribution < 1.29 is 28.5 Å². The number of rotatable bonds is 9. The van der Waals surface area contributed by atoms with Crippen molar-refractivity contribution in [2.75, 3.05) is 27.9 Å². The van der Waals surface area contributed by atoms with E-state index in [-0.39, 0.29) is 18.6 Å². The number of carbonyl (C=O) groups excluding carboxylic acids is 2. The van der Waals surface area contributed by atoms with E-state index in [1.54, 1.807) is 12.1 Å². The molecule has 2 rings (SSSR count). The number of benzene rings is 2. The smallest absolute Gasteiger partial charge is 0.331 e. The maximum atomic E-state index is 12.0. The van der Waals surface area contributed by atoms with Crippen LogP contribution in [0.3, 0.4) is 0 Å². The van der Waals surface area contributed by atoms with Crippen LogP contribution in [0.2, 0.25) is 0 Å². The first-order valence-electron chi connectivity index (χ1n) is 8.97. The molecule has 2 aromatic rings. The van der Waals surface area contributed by atoms with Gasteiger partial charge in [0.05, 0.1) is 27.4 Å². The molecule has 7 nitrogen and oxygen atoms in total. The number of carbonyl (C=O) groups is 2. The highest BCUT2D eigenvalue weighted by Gasteiger charge is 2.12. The van der Waals surface area contributed by atoms with Crippen LogP contribution < -0.4 is 19.5 Å². The van der Waals surface area contributed by atoms with E-state index in [9.17, 15) is 9.59 Å². The molecule has 0 fully saturated rings. The molecule has 0 aromatic heterocycles. The lowest BCUT2D eigenvalue weighted by molar-refractivity contribution is -0.144. The minimum absolute atomic E-state index is 0.186. The molecule has 0 spiro atoms. The van der Waals surface area contributed by atoms with E-state index in [2.05, 4.69) is 5.32 Å². The number of ether oxygens (including phenoxy) is 4. The maximum absolute atomic E-state index is 12.0. The summed E-state index contributed by atoms with van der Waals surface area (Å²) in [6.45, 7) is 1.49. The largest absolute Gasteiger partial charge is 0.496 e. The molecule has 0 aliphatic rings. The molecule has 0 saturated carbocycles. The molecule has 2 aromatic carbocycles. The Morgan fingerprint density at radius 2 is 1.59 bits per heavy atom. The van der Waals surface area contributed by atoms with E-state index in [0.29, 0.717) is 22.8 Å². The average molecular weight is 399 g/mol. The topological polar surface area (TPSA) is 83.1 Å². The molecule has 1 unspecified atom stereocenters. The molecule has 1 atom stereocenters. The van der Waals surface area contributed by atoms with Gasteiger partial charge >= 0.3 is 5.97 Å². The Balaban J connectivity index is 1.93. The van der Waals surface area contributed by atoms with Gasteiger partial charge in [0.1, 0.15) is 5.75 Å². The zero-order chi connectivity index (χ0) is 21.2. The molecule has 0 aliphatic carbocycles. The summed E-state index contributed by atoms with van der Waals surface area (Å²) in [4.78, 5) is 24.0. The second kappa shape index (κ2) is 10.8. The van der Waals surface area contributed by atoms with Crippen molar-refractivity contribution in [3.63, 3.8) is 0 Å². The Labute approximate surface area is 170 Å². The number of hydrogen-bond donors (Lipinski definition) is 1. The van der Waals surface area contributed by atoms with Crippen LogP contribution in [0.1, 0.15) is 24.1 Å². The summed E-state index contributed by atoms with van der Waals surface area (Å²) >= 11 is 0. The first kappa shape index (κ1) is 21.8. The van der Waals surface area contributed by atoms with Gasteiger partial charge in [-0.25, -0.2) is 4.79 Å². The fourth-order valence-corrected chi connectivity index (χ4v) is 2.63. The van der Waals surface area contributed by atoms with Crippen molar-refractivity contribution in [3.8, 4) is 17.2 Å². The molecule has 7 heteroatoms. The second-order valence-corrected chi connectivity index (χ2v) is 6.09. The minimum Gasteiger partial charge on any atom is -0.496 e. The summed E-state index contributed by atoms with van der Waals surface area (Å²) in [7, 11) is 4.55. The fraction of sp³-hybridized carbons (Fsp3) is 0.273. The summed E-state index contributed by atoms with van der Waals surface area (Å²) in [6.07, 6.45) is 2.74. The molecule has 0 bridgehead atoms. The normalized spacial score (nSPS) is 11.6. The third kappa shape index (κ3) is 6.27. The summed E-state index contributed by atoms with van der Waals surface area (Å²) in [6, 6.07) is 12.7. The minimum atomic E-state index is -0.649. The molecule has 154 valence electrons. The van der Waals surface area contributed by atoms with Crippen molar-refractivity contribution in [3.05, 3.63) is 59.7 Å². The second-order valence-electron chi connectivity index (χ2n) is 6.09. The standard InChI is InChI=1S/C22H25NO6/c1-15(16-8-6-5-7-9-16)23-21(24)14-29-22(25)11-10-17-12-19(27-3)20(28-4)13-18(17)26-2/h5-13,15H,14H2,1-4H3,(H,23,24)/b11-10+. The van der Waals surface area contributed by atoms with Crippen molar-refractivity contribution in [1.82, 2.24) is 5.32 Å². The average Bonchev–Trinajstić information content (AvgIpc) is 2.76. The molecule has 1 amide bonds. The van der Waals surface area contributed by atoms with Gasteiger partial charge in [0.25, 0.3) is 5.91 Å². The SMILES string of the molecule is COc1cc(OC)c(OC)cc1/C=C/C(=O)OCC(=O)NC(C)c1ccccc1. The number of methoxy groups -OCH3 is 3. The molecule has 29 heavy (non-hydrogen) atoms. The molecular formula is C22H25NO6. The summed E-state index contributed by atoms with van der Waals surface area (Å²) < 4.78 is 20.8. The zero-order valence-corrected chi connectivity index (χ0v) is 16.9. The molecular weight excluding hydrogens is 374 g/mol. The molecule has 0 aliphatic heterocycles. The van der Waals surface area contributed by atoms with Crippen LogP contribution in [0.4, 0.5) is 0 Å². The Morgan fingerprint density at radius 3 is 2.21 bits per heavy atom. The van der Waals surface area contributed by atoms with E-state index < -0.39 is 5.97 Å². The lowest BCUT2D eigenvalue weighted by Gasteiger charge is -2.14. The predicted octanol–water partition coefficient (Wildman–Crippen LogP) is 3.15. The van der Waals surface area contributed by atoms with Gasteiger partial charge in [-0.05, 0) is 24.6 Å². The number of esters is 1. The van der Waals surface area contributed by atoms with Crippen LogP contribution in [0.5, 0.6) is 17.2 Å². The van der Waals surface area contributed by atoms with Crippen molar-refractivity contribution >= 4 is 18.0 Å². The van der Waals surface area contributed by atoms with E-state index in [1.807, 2.05) is 37.3 Å². The third-order valence-corrected chi connectivity index (χ3v) is 4.16. The molecule has 0 heterocycles. The maximum Gasteiger partial charge on any atom is 0.331 e. The highest BCUT2D eigenvalue weighted by molar-refractivity contribution is 5.90.